The zero-order valence-electron chi connectivity index (χ0n) is 20.5. The smallest absolute Gasteiger partial charge is 0.235 e. The molecule has 12 heteroatoms. The minimum Gasteiger partial charge on any atom is -0.371 e. The number of hydrogen-bond acceptors (Lipinski definition) is 6. The fourth-order valence-corrected chi connectivity index (χ4v) is 8.21. The maximum absolute atomic E-state index is 13.3. The van der Waals surface area contributed by atoms with Gasteiger partial charge in [-0.1, -0.05) is 29.3 Å². The predicted octanol–water partition coefficient (Wildman–Crippen LogP) is 5.54. The van der Waals surface area contributed by atoms with Gasteiger partial charge in [-0.05, 0) is 73.6 Å². The zero-order chi connectivity index (χ0) is 26.9. The molecule has 0 saturated carbocycles. The quantitative estimate of drug-likeness (QED) is 0.387. The van der Waals surface area contributed by atoms with Crippen molar-refractivity contribution >= 4 is 61.5 Å². The molecule has 1 aliphatic carbocycles. The number of halogens is 3. The van der Waals surface area contributed by atoms with Gasteiger partial charge in [0.05, 0.1) is 23.0 Å². The molecule has 3 aromatic rings. The van der Waals surface area contributed by atoms with Crippen molar-refractivity contribution in [1.29, 1.82) is 0 Å². The molecule has 2 aromatic heterocycles. The second kappa shape index (κ2) is 11.4. The highest BCUT2D eigenvalue weighted by Gasteiger charge is 2.28. The Morgan fingerprint density at radius 2 is 1.92 bits per heavy atom. The summed E-state index contributed by atoms with van der Waals surface area (Å²) in [5.41, 5.74) is 4.45. The van der Waals surface area contributed by atoms with E-state index >= 15 is 0 Å². The van der Waals surface area contributed by atoms with Crippen LogP contribution < -0.4 is 10.2 Å². The average Bonchev–Trinajstić information content (AvgIpc) is 3.48. The van der Waals surface area contributed by atoms with Crippen molar-refractivity contribution in [2.75, 3.05) is 30.3 Å². The number of benzene rings is 1. The van der Waals surface area contributed by atoms with Crippen molar-refractivity contribution < 1.29 is 17.6 Å². The first-order valence-electron chi connectivity index (χ1n) is 12.4. The summed E-state index contributed by atoms with van der Waals surface area (Å²) in [5, 5.41) is 7.60. The van der Waals surface area contributed by atoms with Crippen LogP contribution in [0.5, 0.6) is 0 Å². The number of aryl methyl sites for hydroxylation is 1. The van der Waals surface area contributed by atoms with Crippen molar-refractivity contribution in [2.45, 2.75) is 42.4 Å². The number of carbonyl (C=O) groups is 1. The number of allylic oxidation sites excluding steroid dienone is 1. The van der Waals surface area contributed by atoms with Crippen molar-refractivity contribution in [1.82, 2.24) is 15.1 Å². The van der Waals surface area contributed by atoms with Gasteiger partial charge in [0.1, 0.15) is 20.1 Å². The number of piperidine rings is 1. The van der Waals surface area contributed by atoms with E-state index < -0.39 is 21.5 Å². The predicted molar refractivity (Wildman–Crippen MR) is 149 cm³/mol. The van der Waals surface area contributed by atoms with E-state index in [-0.39, 0.29) is 32.0 Å². The van der Waals surface area contributed by atoms with Crippen LogP contribution in [0.15, 0.2) is 46.8 Å². The van der Waals surface area contributed by atoms with Crippen LogP contribution in [0.25, 0.3) is 5.57 Å². The topological polar surface area (TPSA) is 84.3 Å². The Hall–Kier alpha value is -2.40. The monoisotopic (exact) mass is 596 g/mol. The third-order valence-electron chi connectivity index (χ3n) is 6.97. The standard InChI is InChI=1S/C26H27Cl2FN4O3S2/c27-22-14-24(37-26(22)28)38(35,36)16-23(34)30-11-8-17-2-1-3-18-15-31-33(25(17)18)21-9-12-32(13-10-21)20-6-4-19(29)5-7-20/h4-8,14-15,21H,1-3,9-13,16H2,(H,30,34)/b17-8+. The molecule has 2 aliphatic rings. The van der Waals surface area contributed by atoms with Gasteiger partial charge in [0, 0.05) is 25.3 Å². The van der Waals surface area contributed by atoms with Gasteiger partial charge in [-0.15, -0.1) is 11.3 Å². The number of nitrogens with one attached hydrogen (secondary N) is 1. The molecule has 0 atom stereocenters. The Morgan fingerprint density at radius 1 is 1.18 bits per heavy atom. The first kappa shape index (κ1) is 27.2. The van der Waals surface area contributed by atoms with Crippen LogP contribution in [0.2, 0.25) is 9.36 Å². The molecule has 5 rings (SSSR count). The molecule has 1 N–H and O–H groups in total. The molecule has 202 valence electrons. The van der Waals surface area contributed by atoms with Gasteiger partial charge in [-0.3, -0.25) is 9.48 Å². The lowest BCUT2D eigenvalue weighted by Crippen LogP contribution is -2.35. The van der Waals surface area contributed by atoms with Gasteiger partial charge < -0.3 is 10.2 Å². The van der Waals surface area contributed by atoms with Crippen LogP contribution in [-0.2, 0) is 21.1 Å². The Morgan fingerprint density at radius 3 is 2.61 bits per heavy atom. The molecular formula is C26H27Cl2FN4O3S2. The normalized spacial score (nSPS) is 17.6. The number of fused-ring (bicyclic) bond motifs is 1. The fraction of sp³-hybridized carbons (Fsp3) is 0.385. The molecule has 1 aromatic carbocycles. The third kappa shape index (κ3) is 5.93. The van der Waals surface area contributed by atoms with E-state index in [1.807, 2.05) is 24.4 Å². The van der Waals surface area contributed by atoms with Crippen molar-refractivity contribution in [3.05, 3.63) is 69.0 Å². The summed E-state index contributed by atoms with van der Waals surface area (Å²) in [5.74, 6) is -1.49. The molecule has 0 spiro atoms. The molecule has 3 heterocycles. The van der Waals surface area contributed by atoms with E-state index in [4.69, 9.17) is 28.3 Å². The fourth-order valence-electron chi connectivity index (χ4n) is 5.08. The Labute approximate surface area is 235 Å². The first-order valence-corrected chi connectivity index (χ1v) is 15.6. The van der Waals surface area contributed by atoms with E-state index in [0.717, 1.165) is 73.5 Å². The number of rotatable bonds is 7. The van der Waals surface area contributed by atoms with Crippen molar-refractivity contribution in [2.24, 2.45) is 0 Å². The lowest BCUT2D eigenvalue weighted by atomic mass is 9.92. The average molecular weight is 598 g/mol. The number of amides is 1. The van der Waals surface area contributed by atoms with Crippen LogP contribution in [0.4, 0.5) is 10.1 Å². The van der Waals surface area contributed by atoms with Gasteiger partial charge in [0.2, 0.25) is 5.91 Å². The van der Waals surface area contributed by atoms with E-state index in [0.29, 0.717) is 0 Å². The molecule has 7 nitrogen and oxygen atoms in total. The van der Waals surface area contributed by atoms with Gasteiger partial charge in [-0.25, -0.2) is 12.8 Å². The van der Waals surface area contributed by atoms with Crippen LogP contribution in [0.3, 0.4) is 0 Å². The summed E-state index contributed by atoms with van der Waals surface area (Å²) in [7, 11) is -3.82. The maximum atomic E-state index is 13.3. The second-order valence-corrected chi connectivity index (χ2v) is 13.8. The second-order valence-electron chi connectivity index (χ2n) is 9.49. The molecule has 1 aliphatic heterocycles. The summed E-state index contributed by atoms with van der Waals surface area (Å²) >= 11 is 12.6. The number of thiophene rings is 1. The van der Waals surface area contributed by atoms with E-state index in [1.165, 1.54) is 23.8 Å². The van der Waals surface area contributed by atoms with Crippen molar-refractivity contribution in [3.63, 3.8) is 0 Å². The zero-order valence-corrected chi connectivity index (χ0v) is 23.6. The van der Waals surface area contributed by atoms with Crippen molar-refractivity contribution in [3.8, 4) is 0 Å². The summed E-state index contributed by atoms with van der Waals surface area (Å²) in [6.07, 6.45) is 8.57. The van der Waals surface area contributed by atoms with Gasteiger partial charge >= 0.3 is 0 Å². The number of carbonyl (C=O) groups excluding carboxylic acids is 1. The highest BCUT2D eigenvalue weighted by molar-refractivity contribution is 7.94. The lowest BCUT2D eigenvalue weighted by molar-refractivity contribution is -0.118. The van der Waals surface area contributed by atoms with Crippen LogP contribution in [0, 0.1) is 5.82 Å². The molecule has 0 radical (unpaired) electrons. The highest BCUT2D eigenvalue weighted by Crippen LogP contribution is 2.36. The molecule has 1 amide bonds. The van der Waals surface area contributed by atoms with Gasteiger partial charge in [0.25, 0.3) is 0 Å². The van der Waals surface area contributed by atoms with Gasteiger partial charge in [-0.2, -0.15) is 5.10 Å². The minimum absolute atomic E-state index is 0.0210. The SMILES string of the molecule is O=C(CS(=O)(=O)c1cc(Cl)c(Cl)s1)NC/C=C1\CCCc2cnn(C3CCN(c4ccc(F)cc4)CC3)c21. The Bertz CT molecular complexity index is 1440. The molecule has 1 fully saturated rings. The number of nitrogens with zero attached hydrogens (tertiary/aromatic N) is 3. The van der Waals surface area contributed by atoms with E-state index in [2.05, 4.69) is 14.9 Å². The van der Waals surface area contributed by atoms with E-state index in [1.54, 1.807) is 0 Å². The highest BCUT2D eigenvalue weighted by atomic mass is 35.5. The molecule has 0 unspecified atom stereocenters. The number of anilines is 1. The lowest BCUT2D eigenvalue weighted by Gasteiger charge is -2.35. The Kier molecular flexibility index (Phi) is 8.14. The minimum atomic E-state index is -3.82. The third-order valence-corrected chi connectivity index (χ3v) is 11.0. The van der Waals surface area contributed by atoms with Crippen LogP contribution in [0.1, 0.15) is 43.0 Å². The number of hydrogen-bond donors (Lipinski definition) is 1. The van der Waals surface area contributed by atoms with Crippen LogP contribution >= 0.6 is 34.5 Å². The summed E-state index contributed by atoms with van der Waals surface area (Å²) in [6, 6.07) is 8.13. The Balaban J connectivity index is 1.22. The molecular weight excluding hydrogens is 570 g/mol. The van der Waals surface area contributed by atoms with Crippen LogP contribution in [-0.4, -0.2) is 49.5 Å². The van der Waals surface area contributed by atoms with Gasteiger partial charge in [0.15, 0.2) is 9.84 Å². The number of sulfone groups is 1. The largest absolute Gasteiger partial charge is 0.371 e. The summed E-state index contributed by atoms with van der Waals surface area (Å²) in [4.78, 5) is 14.7. The first-order chi connectivity index (χ1) is 18.2. The van der Waals surface area contributed by atoms with E-state index in [9.17, 15) is 17.6 Å². The molecule has 38 heavy (non-hydrogen) atoms. The summed E-state index contributed by atoms with van der Waals surface area (Å²) in [6.45, 7) is 1.94. The number of aromatic nitrogens is 2. The molecule has 0 bridgehead atoms. The maximum Gasteiger partial charge on any atom is 0.235 e. The molecule has 1 saturated heterocycles. The summed E-state index contributed by atoms with van der Waals surface area (Å²) < 4.78 is 40.7.